The molecular weight excluding hydrogens is 356 g/mol. The summed E-state index contributed by atoms with van der Waals surface area (Å²) in [5, 5.41) is 10.9. The first-order valence-electron chi connectivity index (χ1n) is 8.63. The zero-order valence-corrected chi connectivity index (χ0v) is 15.8. The number of hydrazone groups is 1. The van der Waals surface area contributed by atoms with Crippen molar-refractivity contribution in [3.8, 4) is 11.3 Å². The maximum Gasteiger partial charge on any atom is 0.337 e. The van der Waals surface area contributed by atoms with E-state index in [-0.39, 0.29) is 0 Å². The monoisotopic (exact) mass is 376 g/mol. The highest BCUT2D eigenvalue weighted by atomic mass is 16.5. The van der Waals surface area contributed by atoms with Crippen LogP contribution in [0.3, 0.4) is 0 Å². The lowest BCUT2D eigenvalue weighted by molar-refractivity contribution is 0.0600. The van der Waals surface area contributed by atoms with Gasteiger partial charge in [0.15, 0.2) is 0 Å². The van der Waals surface area contributed by atoms with Crippen molar-refractivity contribution in [2.45, 2.75) is 13.8 Å². The molecule has 1 heterocycles. The number of carbonyl (C=O) groups excluding carboxylic acids is 2. The number of aryl methyl sites for hydroxylation is 2. The van der Waals surface area contributed by atoms with Gasteiger partial charge in [0.2, 0.25) is 0 Å². The number of hydrogen-bond acceptors (Lipinski definition) is 5. The Morgan fingerprint density at radius 3 is 2.50 bits per heavy atom. The summed E-state index contributed by atoms with van der Waals surface area (Å²) >= 11 is 0. The van der Waals surface area contributed by atoms with Gasteiger partial charge in [0.1, 0.15) is 5.69 Å². The summed E-state index contributed by atoms with van der Waals surface area (Å²) in [5.41, 5.74) is 7.92. The molecule has 7 nitrogen and oxygen atoms in total. The smallest absolute Gasteiger partial charge is 0.337 e. The quantitative estimate of drug-likeness (QED) is 0.406. The zero-order chi connectivity index (χ0) is 20.1. The predicted molar refractivity (Wildman–Crippen MR) is 106 cm³/mol. The largest absolute Gasteiger partial charge is 0.465 e. The second-order valence-electron chi connectivity index (χ2n) is 6.28. The third-order valence-corrected chi connectivity index (χ3v) is 4.34. The predicted octanol–water partition coefficient (Wildman–Crippen LogP) is 3.24. The lowest BCUT2D eigenvalue weighted by Gasteiger charge is -2.01. The molecule has 3 rings (SSSR count). The number of benzene rings is 2. The summed E-state index contributed by atoms with van der Waals surface area (Å²) in [6, 6.07) is 14.4. The molecule has 2 aromatic carbocycles. The van der Waals surface area contributed by atoms with E-state index in [1.807, 2.05) is 32.0 Å². The summed E-state index contributed by atoms with van der Waals surface area (Å²) in [7, 11) is 1.33. The molecule has 3 aromatic rings. The Kier molecular flexibility index (Phi) is 5.64. The van der Waals surface area contributed by atoms with Gasteiger partial charge in [-0.3, -0.25) is 9.89 Å². The lowest BCUT2D eigenvalue weighted by Crippen LogP contribution is -2.18. The number of aromatic nitrogens is 2. The third kappa shape index (κ3) is 4.32. The molecule has 142 valence electrons. The molecule has 0 atom stereocenters. The van der Waals surface area contributed by atoms with Gasteiger partial charge in [0, 0.05) is 5.56 Å². The normalized spacial score (nSPS) is 10.8. The Morgan fingerprint density at radius 1 is 1.07 bits per heavy atom. The van der Waals surface area contributed by atoms with E-state index in [4.69, 9.17) is 0 Å². The third-order valence-electron chi connectivity index (χ3n) is 4.34. The van der Waals surface area contributed by atoms with Gasteiger partial charge < -0.3 is 4.74 Å². The van der Waals surface area contributed by atoms with Crippen LogP contribution in [0.25, 0.3) is 11.3 Å². The van der Waals surface area contributed by atoms with E-state index in [0.717, 1.165) is 16.7 Å². The Hall–Kier alpha value is -3.74. The van der Waals surface area contributed by atoms with E-state index in [2.05, 4.69) is 25.5 Å². The molecule has 0 saturated heterocycles. The highest BCUT2D eigenvalue weighted by Gasteiger charge is 2.11. The van der Waals surface area contributed by atoms with Crippen LogP contribution in [-0.4, -0.2) is 35.4 Å². The number of nitrogens with one attached hydrogen (secondary N) is 2. The number of rotatable bonds is 5. The summed E-state index contributed by atoms with van der Waals surface area (Å²) in [6.07, 6.45) is 1.49. The number of amides is 1. The minimum absolute atomic E-state index is 0.311. The van der Waals surface area contributed by atoms with Crippen molar-refractivity contribution in [3.63, 3.8) is 0 Å². The molecule has 28 heavy (non-hydrogen) atoms. The van der Waals surface area contributed by atoms with Crippen LogP contribution in [0.4, 0.5) is 0 Å². The van der Waals surface area contributed by atoms with Gasteiger partial charge in [0.25, 0.3) is 5.91 Å². The summed E-state index contributed by atoms with van der Waals surface area (Å²) in [6.45, 7) is 4.08. The molecule has 0 unspecified atom stereocenters. The second-order valence-corrected chi connectivity index (χ2v) is 6.28. The summed E-state index contributed by atoms with van der Waals surface area (Å²) < 4.78 is 4.64. The van der Waals surface area contributed by atoms with Crippen molar-refractivity contribution in [1.82, 2.24) is 15.6 Å². The molecule has 7 heteroatoms. The van der Waals surface area contributed by atoms with Crippen LogP contribution in [0.5, 0.6) is 0 Å². The van der Waals surface area contributed by atoms with Gasteiger partial charge in [-0.1, -0.05) is 24.3 Å². The molecule has 0 aliphatic rings. The molecule has 2 N–H and O–H groups in total. The Morgan fingerprint density at radius 2 is 1.82 bits per heavy atom. The zero-order valence-electron chi connectivity index (χ0n) is 15.8. The number of H-pyrrole nitrogens is 1. The van der Waals surface area contributed by atoms with Crippen LogP contribution in [0.1, 0.15) is 37.5 Å². The van der Waals surface area contributed by atoms with Crippen LogP contribution in [0, 0.1) is 13.8 Å². The first-order chi connectivity index (χ1) is 13.5. The van der Waals surface area contributed by atoms with E-state index >= 15 is 0 Å². The van der Waals surface area contributed by atoms with Crippen molar-refractivity contribution in [3.05, 3.63) is 76.5 Å². The van der Waals surface area contributed by atoms with E-state index < -0.39 is 11.9 Å². The molecule has 1 amide bonds. The number of nitrogens with zero attached hydrogens (tertiary/aromatic N) is 2. The van der Waals surface area contributed by atoms with Gasteiger partial charge >= 0.3 is 5.97 Å². The van der Waals surface area contributed by atoms with Crippen molar-refractivity contribution < 1.29 is 14.3 Å². The Labute approximate surface area is 162 Å². The molecular formula is C21H20N4O3. The fraction of sp³-hybridized carbons (Fsp3) is 0.143. The fourth-order valence-corrected chi connectivity index (χ4v) is 2.54. The Bertz CT molecular complexity index is 1040. The minimum Gasteiger partial charge on any atom is -0.465 e. The van der Waals surface area contributed by atoms with Gasteiger partial charge in [-0.2, -0.15) is 10.2 Å². The van der Waals surface area contributed by atoms with E-state index in [1.54, 1.807) is 30.3 Å². The van der Waals surface area contributed by atoms with Crippen molar-refractivity contribution in [1.29, 1.82) is 0 Å². The second kappa shape index (κ2) is 8.30. The fourth-order valence-electron chi connectivity index (χ4n) is 2.54. The summed E-state index contributed by atoms with van der Waals surface area (Å²) in [4.78, 5) is 23.6. The maximum absolute atomic E-state index is 12.2. The number of hydrogen-bond donors (Lipinski definition) is 2. The van der Waals surface area contributed by atoms with Gasteiger partial charge in [-0.05, 0) is 54.8 Å². The number of methoxy groups -OCH3 is 1. The highest BCUT2D eigenvalue weighted by molar-refractivity contribution is 5.94. The summed E-state index contributed by atoms with van der Waals surface area (Å²) in [5.74, 6) is -0.805. The van der Waals surface area contributed by atoms with E-state index in [0.29, 0.717) is 17.0 Å². The lowest BCUT2D eigenvalue weighted by atomic mass is 10.0. The van der Waals surface area contributed by atoms with Gasteiger partial charge in [-0.15, -0.1) is 0 Å². The number of carbonyl (C=O) groups is 2. The van der Waals surface area contributed by atoms with Crippen LogP contribution in [-0.2, 0) is 4.74 Å². The highest BCUT2D eigenvalue weighted by Crippen LogP contribution is 2.20. The molecule has 0 radical (unpaired) electrons. The van der Waals surface area contributed by atoms with Crippen LogP contribution in [0.15, 0.2) is 53.6 Å². The molecule has 0 aliphatic heterocycles. The van der Waals surface area contributed by atoms with Crippen molar-refractivity contribution >= 4 is 18.1 Å². The van der Waals surface area contributed by atoms with Crippen LogP contribution < -0.4 is 5.43 Å². The average Bonchev–Trinajstić information content (AvgIpc) is 3.20. The van der Waals surface area contributed by atoms with Crippen molar-refractivity contribution in [2.24, 2.45) is 5.10 Å². The Balaban J connectivity index is 1.63. The molecule has 0 bridgehead atoms. The maximum atomic E-state index is 12.2. The molecule has 0 spiro atoms. The van der Waals surface area contributed by atoms with E-state index in [9.17, 15) is 9.59 Å². The SMILES string of the molecule is COC(=O)c1ccc(/C=N/NC(=O)c2cc(-c3ccc(C)c(C)c3)n[nH]2)cc1. The molecule has 0 saturated carbocycles. The van der Waals surface area contributed by atoms with Crippen molar-refractivity contribution in [2.75, 3.05) is 7.11 Å². The van der Waals surface area contributed by atoms with Crippen LogP contribution in [0.2, 0.25) is 0 Å². The van der Waals surface area contributed by atoms with Crippen LogP contribution >= 0.6 is 0 Å². The minimum atomic E-state index is -0.407. The molecule has 0 aliphatic carbocycles. The number of ether oxygens (including phenoxy) is 1. The first-order valence-corrected chi connectivity index (χ1v) is 8.63. The number of aromatic amines is 1. The average molecular weight is 376 g/mol. The van der Waals surface area contributed by atoms with Gasteiger partial charge in [-0.25, -0.2) is 10.2 Å². The molecule has 0 fully saturated rings. The topological polar surface area (TPSA) is 96.4 Å². The van der Waals surface area contributed by atoms with E-state index in [1.165, 1.54) is 18.9 Å². The van der Waals surface area contributed by atoms with Gasteiger partial charge in [0.05, 0.1) is 24.6 Å². The number of esters is 1. The standard InChI is InChI=1S/C21H20N4O3/c1-13-4-7-17(10-14(13)2)18-11-19(24-23-18)20(26)25-22-12-15-5-8-16(9-6-15)21(27)28-3/h4-12H,1-3H3,(H,23,24)(H,25,26)/b22-12+. The first kappa shape index (κ1) is 19.0. The molecule has 1 aromatic heterocycles.